The quantitative estimate of drug-likeness (QED) is 0.893. The van der Waals surface area contributed by atoms with Gasteiger partial charge in [-0.25, -0.2) is 14.8 Å². The normalized spacial score (nSPS) is 23.9. The van der Waals surface area contributed by atoms with E-state index in [0.29, 0.717) is 18.0 Å². The van der Waals surface area contributed by atoms with Crippen LogP contribution >= 0.6 is 0 Å². The van der Waals surface area contributed by atoms with Crippen molar-refractivity contribution in [2.75, 3.05) is 0 Å². The SMILES string of the molecule is CCc1nc(C2CCCC(C)C2)ncc1C(=O)O. The van der Waals surface area contributed by atoms with E-state index in [1.54, 1.807) is 0 Å². The zero-order chi connectivity index (χ0) is 13.1. The van der Waals surface area contributed by atoms with Gasteiger partial charge in [-0.2, -0.15) is 0 Å². The maximum atomic E-state index is 11.0. The van der Waals surface area contributed by atoms with Crippen LogP contribution in [0.15, 0.2) is 6.20 Å². The first-order valence-corrected chi connectivity index (χ1v) is 6.71. The average molecular weight is 248 g/mol. The van der Waals surface area contributed by atoms with Crippen LogP contribution in [0.2, 0.25) is 0 Å². The van der Waals surface area contributed by atoms with Gasteiger partial charge in [0.25, 0.3) is 0 Å². The van der Waals surface area contributed by atoms with Gasteiger partial charge in [0.1, 0.15) is 5.82 Å². The van der Waals surface area contributed by atoms with Gasteiger partial charge in [0.05, 0.1) is 11.3 Å². The molecule has 1 fully saturated rings. The summed E-state index contributed by atoms with van der Waals surface area (Å²) in [6.07, 6.45) is 6.86. The first kappa shape index (κ1) is 13.0. The molecule has 1 aliphatic carbocycles. The number of carboxylic acids is 1. The minimum absolute atomic E-state index is 0.241. The average Bonchev–Trinajstić information content (AvgIpc) is 2.37. The number of nitrogens with zero attached hydrogens (tertiary/aromatic N) is 2. The Bertz CT molecular complexity index is 445. The Balaban J connectivity index is 2.26. The number of aromatic nitrogens is 2. The molecule has 4 nitrogen and oxygen atoms in total. The summed E-state index contributed by atoms with van der Waals surface area (Å²) in [5, 5.41) is 9.06. The number of rotatable bonds is 3. The molecule has 1 N–H and O–H groups in total. The number of hydrogen-bond donors (Lipinski definition) is 1. The Kier molecular flexibility index (Phi) is 3.94. The number of hydrogen-bond acceptors (Lipinski definition) is 3. The lowest BCUT2D eigenvalue weighted by atomic mass is 9.82. The maximum absolute atomic E-state index is 11.0. The molecule has 1 aromatic rings. The van der Waals surface area contributed by atoms with Crippen LogP contribution < -0.4 is 0 Å². The van der Waals surface area contributed by atoms with Gasteiger partial charge < -0.3 is 5.11 Å². The highest BCUT2D eigenvalue weighted by Crippen LogP contribution is 2.34. The van der Waals surface area contributed by atoms with Crippen molar-refractivity contribution in [3.8, 4) is 0 Å². The molecule has 1 aliphatic rings. The van der Waals surface area contributed by atoms with Crippen molar-refractivity contribution in [2.24, 2.45) is 5.92 Å². The van der Waals surface area contributed by atoms with E-state index in [1.165, 1.54) is 19.0 Å². The fourth-order valence-electron chi connectivity index (χ4n) is 2.75. The van der Waals surface area contributed by atoms with Crippen molar-refractivity contribution >= 4 is 5.97 Å². The molecule has 0 bridgehead atoms. The summed E-state index contributed by atoms with van der Waals surface area (Å²) in [6.45, 7) is 4.19. The Morgan fingerprint density at radius 3 is 2.89 bits per heavy atom. The van der Waals surface area contributed by atoms with Gasteiger partial charge in [-0.1, -0.05) is 26.7 Å². The van der Waals surface area contributed by atoms with Crippen LogP contribution in [0.25, 0.3) is 0 Å². The summed E-state index contributed by atoms with van der Waals surface area (Å²) in [5.74, 6) is 1.03. The van der Waals surface area contributed by atoms with Crippen LogP contribution in [-0.2, 0) is 6.42 Å². The fourth-order valence-corrected chi connectivity index (χ4v) is 2.75. The van der Waals surface area contributed by atoms with Crippen LogP contribution in [0.1, 0.15) is 67.3 Å². The second kappa shape index (κ2) is 5.46. The van der Waals surface area contributed by atoms with E-state index in [4.69, 9.17) is 5.11 Å². The number of carboxylic acid groups (broad SMARTS) is 1. The van der Waals surface area contributed by atoms with Crippen LogP contribution in [0.3, 0.4) is 0 Å². The smallest absolute Gasteiger partial charge is 0.339 e. The molecule has 0 saturated heterocycles. The summed E-state index contributed by atoms with van der Waals surface area (Å²) in [7, 11) is 0. The third-order valence-corrected chi connectivity index (χ3v) is 3.75. The van der Waals surface area contributed by atoms with Crippen LogP contribution in [0.4, 0.5) is 0 Å². The van der Waals surface area contributed by atoms with E-state index in [0.717, 1.165) is 24.6 Å². The molecular formula is C14H20N2O2. The molecule has 0 aliphatic heterocycles. The van der Waals surface area contributed by atoms with Gasteiger partial charge >= 0.3 is 5.97 Å². The lowest BCUT2D eigenvalue weighted by molar-refractivity contribution is 0.0694. The summed E-state index contributed by atoms with van der Waals surface area (Å²) in [6, 6.07) is 0. The largest absolute Gasteiger partial charge is 0.478 e. The molecular weight excluding hydrogens is 228 g/mol. The Hall–Kier alpha value is -1.45. The lowest BCUT2D eigenvalue weighted by Crippen LogP contribution is -2.16. The molecule has 2 unspecified atom stereocenters. The van der Waals surface area contributed by atoms with Gasteiger partial charge in [0.15, 0.2) is 0 Å². The summed E-state index contributed by atoms with van der Waals surface area (Å²) in [5.41, 5.74) is 0.899. The molecule has 2 rings (SSSR count). The Morgan fingerprint density at radius 2 is 2.28 bits per heavy atom. The summed E-state index contributed by atoms with van der Waals surface area (Å²) >= 11 is 0. The third-order valence-electron chi connectivity index (χ3n) is 3.75. The second-order valence-electron chi connectivity index (χ2n) is 5.22. The maximum Gasteiger partial charge on any atom is 0.339 e. The van der Waals surface area contributed by atoms with Crippen molar-refractivity contribution in [3.63, 3.8) is 0 Å². The summed E-state index contributed by atoms with van der Waals surface area (Å²) < 4.78 is 0. The molecule has 0 radical (unpaired) electrons. The monoisotopic (exact) mass is 248 g/mol. The van der Waals surface area contributed by atoms with E-state index in [2.05, 4.69) is 16.9 Å². The summed E-state index contributed by atoms with van der Waals surface area (Å²) in [4.78, 5) is 19.8. The predicted molar refractivity (Wildman–Crippen MR) is 68.7 cm³/mol. The van der Waals surface area contributed by atoms with E-state index in [9.17, 15) is 4.79 Å². The van der Waals surface area contributed by atoms with Crippen LogP contribution in [0, 0.1) is 5.92 Å². The minimum Gasteiger partial charge on any atom is -0.478 e. The zero-order valence-electron chi connectivity index (χ0n) is 11.0. The van der Waals surface area contributed by atoms with Gasteiger partial charge in [-0.15, -0.1) is 0 Å². The standard InChI is InChI=1S/C14H20N2O2/c1-3-12-11(14(17)18)8-15-13(16-12)10-6-4-5-9(2)7-10/h8-10H,3-7H2,1-2H3,(H,17,18). The molecule has 18 heavy (non-hydrogen) atoms. The molecule has 0 amide bonds. The molecule has 0 spiro atoms. The van der Waals surface area contributed by atoms with Crippen LogP contribution in [-0.4, -0.2) is 21.0 Å². The van der Waals surface area contributed by atoms with Crippen molar-refractivity contribution in [1.82, 2.24) is 9.97 Å². The molecule has 1 saturated carbocycles. The molecule has 0 aromatic carbocycles. The molecule has 1 heterocycles. The minimum atomic E-state index is -0.935. The zero-order valence-corrected chi connectivity index (χ0v) is 11.0. The van der Waals surface area contributed by atoms with Gasteiger partial charge in [0, 0.05) is 12.1 Å². The van der Waals surface area contributed by atoms with E-state index >= 15 is 0 Å². The second-order valence-corrected chi connectivity index (χ2v) is 5.22. The highest BCUT2D eigenvalue weighted by molar-refractivity contribution is 5.88. The van der Waals surface area contributed by atoms with Gasteiger partial charge in [-0.3, -0.25) is 0 Å². The van der Waals surface area contributed by atoms with Crippen molar-refractivity contribution in [1.29, 1.82) is 0 Å². The number of aryl methyl sites for hydroxylation is 1. The molecule has 4 heteroatoms. The van der Waals surface area contributed by atoms with Crippen LogP contribution in [0.5, 0.6) is 0 Å². The third kappa shape index (κ3) is 2.68. The Morgan fingerprint density at radius 1 is 1.50 bits per heavy atom. The van der Waals surface area contributed by atoms with Crippen molar-refractivity contribution in [2.45, 2.75) is 51.9 Å². The number of carbonyl (C=O) groups is 1. The van der Waals surface area contributed by atoms with E-state index in [-0.39, 0.29) is 5.56 Å². The lowest BCUT2D eigenvalue weighted by Gasteiger charge is -2.25. The van der Waals surface area contributed by atoms with Crippen molar-refractivity contribution in [3.05, 3.63) is 23.3 Å². The highest BCUT2D eigenvalue weighted by atomic mass is 16.4. The van der Waals surface area contributed by atoms with E-state index < -0.39 is 5.97 Å². The predicted octanol–water partition coefficient (Wildman–Crippen LogP) is 3.03. The Labute approximate surface area is 107 Å². The molecule has 98 valence electrons. The molecule has 2 atom stereocenters. The van der Waals surface area contributed by atoms with E-state index in [1.807, 2.05) is 6.92 Å². The first-order chi connectivity index (χ1) is 8.61. The fraction of sp³-hybridized carbons (Fsp3) is 0.643. The first-order valence-electron chi connectivity index (χ1n) is 6.71. The van der Waals surface area contributed by atoms with Gasteiger partial charge in [-0.05, 0) is 25.2 Å². The number of aromatic carboxylic acids is 1. The topological polar surface area (TPSA) is 63.1 Å². The van der Waals surface area contributed by atoms with Crippen molar-refractivity contribution < 1.29 is 9.90 Å². The molecule has 1 aromatic heterocycles. The van der Waals surface area contributed by atoms with Gasteiger partial charge in [0.2, 0.25) is 0 Å². The highest BCUT2D eigenvalue weighted by Gasteiger charge is 2.23.